The van der Waals surface area contributed by atoms with E-state index in [2.05, 4.69) is 27.0 Å². The zero-order valence-corrected chi connectivity index (χ0v) is 15.4. The van der Waals surface area contributed by atoms with Crippen LogP contribution in [0.2, 0.25) is 0 Å². The van der Waals surface area contributed by atoms with Crippen LogP contribution in [0.25, 0.3) is 0 Å². The van der Waals surface area contributed by atoms with Crippen LogP contribution in [-0.2, 0) is 0 Å². The molecule has 0 aromatic rings. The third-order valence-corrected chi connectivity index (χ3v) is 1.25. The quantitative estimate of drug-likeness (QED) is 0.459. The predicted octanol–water partition coefficient (Wildman–Crippen LogP) is 7.75. The van der Waals surface area contributed by atoms with E-state index >= 15 is 0 Å². The Bertz CT molecular complexity index is 170. The van der Waals surface area contributed by atoms with Gasteiger partial charge in [-0.3, -0.25) is 0 Å². The normalized spacial score (nSPS) is 8.74. The van der Waals surface area contributed by atoms with Crippen LogP contribution in [0, 0.1) is 0 Å². The minimum Gasteiger partial charge on any atom is -0.0988 e. The van der Waals surface area contributed by atoms with Crippen molar-refractivity contribution in [1.82, 2.24) is 0 Å². The summed E-state index contributed by atoms with van der Waals surface area (Å²) in [6.45, 7) is 27.6. The van der Waals surface area contributed by atoms with E-state index in [4.69, 9.17) is 0 Å². The van der Waals surface area contributed by atoms with E-state index in [-0.39, 0.29) is 0 Å². The molecule has 0 rings (SSSR count). The first-order valence-electron chi connectivity index (χ1n) is 7.72. The zero-order chi connectivity index (χ0) is 16.7. The summed E-state index contributed by atoms with van der Waals surface area (Å²) in [6.07, 6.45) is 8.94. The smallest absolute Gasteiger partial charge is 0.0398 e. The van der Waals surface area contributed by atoms with E-state index in [1.165, 1.54) is 17.6 Å². The summed E-state index contributed by atoms with van der Waals surface area (Å²) in [7, 11) is 0. The SMILES string of the molecule is C=C/C(C)=C\C=C(\C)C=C.CC.CC.CC.CCC. The van der Waals surface area contributed by atoms with E-state index < -0.39 is 0 Å². The van der Waals surface area contributed by atoms with Crippen molar-refractivity contribution in [1.29, 1.82) is 0 Å². The molecule has 0 nitrogen and oxygen atoms in total. The first-order valence-corrected chi connectivity index (χ1v) is 7.72. The lowest BCUT2D eigenvalue weighted by atomic mass is 10.2. The van der Waals surface area contributed by atoms with Gasteiger partial charge in [0.15, 0.2) is 0 Å². The molecule has 0 radical (unpaired) electrons. The maximum absolute atomic E-state index is 3.64. The molecule has 0 bridgehead atoms. The van der Waals surface area contributed by atoms with Crippen molar-refractivity contribution in [2.45, 2.75) is 75.7 Å². The lowest BCUT2D eigenvalue weighted by Gasteiger charge is -1.87. The van der Waals surface area contributed by atoms with Gasteiger partial charge in [-0.1, -0.05) is 110 Å². The van der Waals surface area contributed by atoms with Crippen LogP contribution in [0.3, 0.4) is 0 Å². The van der Waals surface area contributed by atoms with Gasteiger partial charge in [0.05, 0.1) is 0 Å². The van der Waals surface area contributed by atoms with Crippen molar-refractivity contribution < 1.29 is 0 Å². The monoisotopic (exact) mass is 268 g/mol. The Balaban J connectivity index is -0.0000000607. The highest BCUT2D eigenvalue weighted by atomic mass is 13.8. The Morgan fingerprint density at radius 1 is 0.684 bits per heavy atom. The highest BCUT2D eigenvalue weighted by Crippen LogP contribution is 1.97. The Morgan fingerprint density at radius 2 is 0.842 bits per heavy atom. The van der Waals surface area contributed by atoms with Gasteiger partial charge in [-0.2, -0.15) is 0 Å². The van der Waals surface area contributed by atoms with Crippen molar-refractivity contribution in [3.8, 4) is 0 Å². The highest BCUT2D eigenvalue weighted by molar-refractivity contribution is 5.25. The first kappa shape index (κ1) is 30.8. The van der Waals surface area contributed by atoms with E-state index in [1.54, 1.807) is 0 Å². The van der Waals surface area contributed by atoms with E-state index in [0.29, 0.717) is 0 Å². The number of hydrogen-bond donors (Lipinski definition) is 0. The molecule has 0 atom stereocenters. The Hall–Kier alpha value is -1.04. The van der Waals surface area contributed by atoms with E-state index in [0.717, 1.165) is 0 Å². The Morgan fingerprint density at radius 3 is 0.947 bits per heavy atom. The summed E-state index contributed by atoms with van der Waals surface area (Å²) in [6, 6.07) is 0. The van der Waals surface area contributed by atoms with E-state index in [1.807, 2.05) is 79.7 Å². The lowest BCUT2D eigenvalue weighted by Crippen LogP contribution is -1.66. The third kappa shape index (κ3) is 59.9. The van der Waals surface area contributed by atoms with Crippen molar-refractivity contribution in [3.05, 3.63) is 48.6 Å². The maximum Gasteiger partial charge on any atom is -0.0398 e. The minimum absolute atomic E-state index is 1.17. The number of allylic oxidation sites excluding steroid dienone is 6. The molecule has 0 saturated heterocycles. The van der Waals surface area contributed by atoms with Crippen molar-refractivity contribution in [2.75, 3.05) is 0 Å². The predicted molar refractivity (Wildman–Crippen MR) is 97.9 cm³/mol. The summed E-state index contributed by atoms with van der Waals surface area (Å²) in [5, 5.41) is 0. The van der Waals surface area contributed by atoms with Crippen LogP contribution < -0.4 is 0 Å². The Labute approximate surface area is 125 Å². The molecular formula is C19H40. The Kier molecular flexibility index (Phi) is 70.5. The van der Waals surface area contributed by atoms with Gasteiger partial charge in [0, 0.05) is 0 Å². The van der Waals surface area contributed by atoms with Crippen molar-refractivity contribution >= 4 is 0 Å². The molecule has 0 spiro atoms. The number of hydrogen-bond acceptors (Lipinski definition) is 0. The second-order valence-electron chi connectivity index (χ2n) is 2.94. The van der Waals surface area contributed by atoms with Gasteiger partial charge in [0.1, 0.15) is 0 Å². The molecule has 0 aromatic carbocycles. The minimum atomic E-state index is 1.17. The molecule has 0 heterocycles. The summed E-state index contributed by atoms with van der Waals surface area (Å²) in [5.41, 5.74) is 2.34. The van der Waals surface area contributed by atoms with Crippen molar-refractivity contribution in [2.24, 2.45) is 0 Å². The van der Waals surface area contributed by atoms with Crippen LogP contribution in [-0.4, -0.2) is 0 Å². The first-order chi connectivity index (χ1) is 9.12. The molecule has 0 amide bonds. The van der Waals surface area contributed by atoms with Crippen LogP contribution >= 0.6 is 0 Å². The second kappa shape index (κ2) is 43.5. The summed E-state index contributed by atoms with van der Waals surface area (Å²) in [5.74, 6) is 0. The van der Waals surface area contributed by atoms with Gasteiger partial charge in [-0.25, -0.2) is 0 Å². The van der Waals surface area contributed by atoms with Crippen LogP contribution in [0.4, 0.5) is 0 Å². The van der Waals surface area contributed by atoms with E-state index in [9.17, 15) is 0 Å². The van der Waals surface area contributed by atoms with Crippen LogP contribution in [0.15, 0.2) is 48.6 Å². The van der Waals surface area contributed by atoms with Gasteiger partial charge in [-0.15, -0.1) is 0 Å². The molecule has 0 saturated carbocycles. The van der Waals surface area contributed by atoms with Crippen molar-refractivity contribution in [3.63, 3.8) is 0 Å². The molecule has 0 aliphatic heterocycles. The molecule has 0 fully saturated rings. The van der Waals surface area contributed by atoms with Gasteiger partial charge < -0.3 is 0 Å². The van der Waals surface area contributed by atoms with Gasteiger partial charge >= 0.3 is 0 Å². The number of rotatable bonds is 3. The molecule has 0 unspecified atom stereocenters. The average Bonchev–Trinajstić information content (AvgIpc) is 2.51. The zero-order valence-electron chi connectivity index (χ0n) is 15.4. The molecule has 0 aliphatic carbocycles. The standard InChI is InChI=1S/C10H14.C3H8.3C2H6/c1-5-9(3)7-8-10(4)6-2;1-3-2;3*1-2/h5-8H,1-2H2,3-4H3;3H2,1-2H3;3*1-2H3/b9-7-,10-8-;;;;. The molecule has 0 aromatic heterocycles. The average molecular weight is 269 g/mol. The molecule has 19 heavy (non-hydrogen) atoms. The summed E-state index contributed by atoms with van der Waals surface area (Å²) in [4.78, 5) is 0. The van der Waals surface area contributed by atoms with Gasteiger partial charge in [0.25, 0.3) is 0 Å². The maximum atomic E-state index is 3.64. The lowest BCUT2D eigenvalue weighted by molar-refractivity contribution is 1.09. The fourth-order valence-corrected chi connectivity index (χ4v) is 0.399. The van der Waals surface area contributed by atoms with Gasteiger partial charge in [-0.05, 0) is 13.8 Å². The molecule has 0 aliphatic rings. The third-order valence-electron chi connectivity index (χ3n) is 1.25. The largest absolute Gasteiger partial charge is 0.0988 e. The topological polar surface area (TPSA) is 0 Å². The fraction of sp³-hybridized carbons (Fsp3) is 0.579. The second-order valence-corrected chi connectivity index (χ2v) is 2.94. The molecule has 0 N–H and O–H groups in total. The molecule has 116 valence electrons. The molecular weight excluding hydrogens is 228 g/mol. The van der Waals surface area contributed by atoms with Crippen LogP contribution in [0.1, 0.15) is 75.7 Å². The van der Waals surface area contributed by atoms with Crippen LogP contribution in [0.5, 0.6) is 0 Å². The highest BCUT2D eigenvalue weighted by Gasteiger charge is 1.76. The van der Waals surface area contributed by atoms with Gasteiger partial charge in [0.2, 0.25) is 0 Å². The molecule has 0 heteroatoms. The summed E-state index contributed by atoms with van der Waals surface area (Å²) >= 11 is 0. The fourth-order valence-electron chi connectivity index (χ4n) is 0.399. The summed E-state index contributed by atoms with van der Waals surface area (Å²) < 4.78 is 0.